The molecule has 0 aliphatic carbocycles. The highest BCUT2D eigenvalue weighted by atomic mass is 19.1. The second-order valence-corrected chi connectivity index (χ2v) is 7.27. The Bertz CT molecular complexity index is 1030. The van der Waals surface area contributed by atoms with E-state index in [0.717, 1.165) is 16.7 Å². The summed E-state index contributed by atoms with van der Waals surface area (Å²) in [5.74, 6) is 0.352. The number of anilines is 1. The number of halogens is 1. The second kappa shape index (κ2) is 8.90. The maximum atomic E-state index is 13.6. The van der Waals surface area contributed by atoms with Crippen LogP contribution in [0.2, 0.25) is 0 Å². The number of hydrogen-bond donors (Lipinski definition) is 1. The molecule has 1 aromatic carbocycles. The number of aromatic nitrogens is 1. The number of carbonyl (C=O) groups excluding carboxylic acids is 2. The van der Waals surface area contributed by atoms with E-state index in [9.17, 15) is 14.0 Å². The van der Waals surface area contributed by atoms with Crippen molar-refractivity contribution in [3.63, 3.8) is 0 Å². The Morgan fingerprint density at radius 2 is 2.13 bits per heavy atom. The van der Waals surface area contributed by atoms with Crippen molar-refractivity contribution in [2.45, 2.75) is 19.3 Å². The van der Waals surface area contributed by atoms with Gasteiger partial charge in [-0.2, -0.15) is 0 Å². The van der Waals surface area contributed by atoms with E-state index in [0.29, 0.717) is 44.8 Å². The van der Waals surface area contributed by atoms with Gasteiger partial charge in [-0.25, -0.2) is 9.37 Å². The van der Waals surface area contributed by atoms with E-state index in [-0.39, 0.29) is 23.4 Å². The molecule has 0 bridgehead atoms. The third-order valence-corrected chi connectivity index (χ3v) is 5.15. The lowest BCUT2D eigenvalue weighted by Crippen LogP contribution is -2.34. The van der Waals surface area contributed by atoms with Crippen molar-refractivity contribution >= 4 is 23.7 Å². The van der Waals surface area contributed by atoms with Gasteiger partial charge in [-0.05, 0) is 53.8 Å². The molecule has 3 heterocycles. The number of para-hydroxylation sites is 1. The number of nitrogens with zero attached hydrogens (tertiary/aromatic N) is 2. The molecule has 0 fully saturated rings. The van der Waals surface area contributed by atoms with Gasteiger partial charge in [0.15, 0.2) is 11.6 Å². The number of carbonyl (C=O) groups is 2. The maximum Gasteiger partial charge on any atom is 0.246 e. The van der Waals surface area contributed by atoms with Gasteiger partial charge in [-0.3, -0.25) is 9.59 Å². The minimum Gasteiger partial charge on any atom is -0.486 e. The molecule has 2 aromatic rings. The molecule has 0 saturated carbocycles. The summed E-state index contributed by atoms with van der Waals surface area (Å²) in [6, 6.07) is 8.26. The average Bonchev–Trinajstić information content (AvgIpc) is 2.77. The normalized spacial score (nSPS) is 16.1. The van der Waals surface area contributed by atoms with Crippen LogP contribution < -0.4 is 10.1 Å². The smallest absolute Gasteiger partial charge is 0.246 e. The summed E-state index contributed by atoms with van der Waals surface area (Å²) in [4.78, 5) is 29.9. The zero-order chi connectivity index (χ0) is 20.9. The van der Waals surface area contributed by atoms with Crippen LogP contribution in [0, 0.1) is 5.82 Å². The summed E-state index contributed by atoms with van der Waals surface area (Å²) in [6.45, 7) is 1.40. The third kappa shape index (κ3) is 4.74. The largest absolute Gasteiger partial charge is 0.486 e. The summed E-state index contributed by atoms with van der Waals surface area (Å²) in [7, 11) is 0. The number of benzene rings is 1. The van der Waals surface area contributed by atoms with Gasteiger partial charge in [0.05, 0.1) is 0 Å². The van der Waals surface area contributed by atoms with Crippen molar-refractivity contribution in [3.05, 3.63) is 71.2 Å². The van der Waals surface area contributed by atoms with E-state index in [4.69, 9.17) is 4.74 Å². The van der Waals surface area contributed by atoms with Gasteiger partial charge in [0.1, 0.15) is 12.4 Å². The Labute approximate surface area is 174 Å². The number of aryl methyl sites for hydroxylation is 1. The van der Waals surface area contributed by atoms with Crippen LogP contribution in [0.5, 0.6) is 5.75 Å². The standard InChI is InChI=1S/C23H22FN3O3/c24-19-3-1-2-4-20(19)30-15-16-9-11-27(12-10-16)22(29)8-5-17-13-18-6-7-21(28)26-23(18)25-14-17/h1-5,8-9,13-14H,6-7,10-12,15H2,(H,25,26,28)/b8-5+. The van der Waals surface area contributed by atoms with Crippen molar-refractivity contribution in [2.75, 3.05) is 25.0 Å². The van der Waals surface area contributed by atoms with Crippen LogP contribution in [0.25, 0.3) is 6.08 Å². The lowest BCUT2D eigenvalue weighted by Gasteiger charge is -2.25. The van der Waals surface area contributed by atoms with Crippen molar-refractivity contribution in [2.24, 2.45) is 0 Å². The highest BCUT2D eigenvalue weighted by Crippen LogP contribution is 2.22. The zero-order valence-electron chi connectivity index (χ0n) is 16.4. The second-order valence-electron chi connectivity index (χ2n) is 7.27. The van der Waals surface area contributed by atoms with Crippen molar-refractivity contribution in [1.82, 2.24) is 9.88 Å². The first-order valence-electron chi connectivity index (χ1n) is 9.89. The van der Waals surface area contributed by atoms with E-state index in [2.05, 4.69) is 10.3 Å². The number of pyridine rings is 1. The van der Waals surface area contributed by atoms with E-state index in [1.807, 2.05) is 12.1 Å². The zero-order valence-corrected chi connectivity index (χ0v) is 16.4. The van der Waals surface area contributed by atoms with Crippen molar-refractivity contribution in [1.29, 1.82) is 0 Å². The van der Waals surface area contributed by atoms with Crippen LogP contribution in [0.3, 0.4) is 0 Å². The van der Waals surface area contributed by atoms with Crippen LogP contribution in [0.15, 0.2) is 54.3 Å². The molecule has 0 atom stereocenters. The molecular formula is C23H22FN3O3. The van der Waals surface area contributed by atoms with Gasteiger partial charge in [0, 0.05) is 31.8 Å². The van der Waals surface area contributed by atoms with Crippen LogP contribution in [-0.4, -0.2) is 41.4 Å². The maximum absolute atomic E-state index is 13.6. The molecule has 0 spiro atoms. The number of nitrogens with one attached hydrogen (secondary N) is 1. The van der Waals surface area contributed by atoms with E-state index in [1.54, 1.807) is 41.4 Å². The Morgan fingerprint density at radius 3 is 2.93 bits per heavy atom. The van der Waals surface area contributed by atoms with Gasteiger partial charge >= 0.3 is 0 Å². The SMILES string of the molecule is O=C1CCc2cc(/C=C/C(=O)N3CC=C(COc4ccccc4F)CC3)cnc2N1. The predicted octanol–water partition coefficient (Wildman–Crippen LogP) is 3.36. The monoisotopic (exact) mass is 407 g/mol. The Kier molecular flexibility index (Phi) is 5.88. The summed E-state index contributed by atoms with van der Waals surface area (Å²) in [5.41, 5.74) is 2.85. The minimum atomic E-state index is -0.380. The molecule has 6 nitrogen and oxygen atoms in total. The summed E-state index contributed by atoms with van der Waals surface area (Å²) < 4.78 is 19.2. The molecule has 30 heavy (non-hydrogen) atoms. The fourth-order valence-corrected chi connectivity index (χ4v) is 3.41. The molecular weight excluding hydrogens is 385 g/mol. The molecule has 2 aliphatic rings. The molecule has 2 aliphatic heterocycles. The van der Waals surface area contributed by atoms with Gasteiger partial charge in [-0.1, -0.05) is 18.2 Å². The minimum absolute atomic E-state index is 0.0229. The van der Waals surface area contributed by atoms with Crippen LogP contribution in [0.4, 0.5) is 10.2 Å². The molecule has 1 aromatic heterocycles. The number of amides is 2. The number of hydrogen-bond acceptors (Lipinski definition) is 4. The molecule has 7 heteroatoms. The average molecular weight is 407 g/mol. The van der Waals surface area contributed by atoms with E-state index >= 15 is 0 Å². The molecule has 154 valence electrons. The topological polar surface area (TPSA) is 71.5 Å². The summed E-state index contributed by atoms with van der Waals surface area (Å²) >= 11 is 0. The lowest BCUT2D eigenvalue weighted by atomic mass is 10.0. The van der Waals surface area contributed by atoms with Crippen molar-refractivity contribution < 1.29 is 18.7 Å². The van der Waals surface area contributed by atoms with Gasteiger partial charge in [0.2, 0.25) is 11.8 Å². The summed E-state index contributed by atoms with van der Waals surface area (Å²) in [6.07, 6.45) is 8.67. The van der Waals surface area contributed by atoms with Gasteiger partial charge in [0.25, 0.3) is 0 Å². The fourth-order valence-electron chi connectivity index (χ4n) is 3.41. The predicted molar refractivity (Wildman–Crippen MR) is 111 cm³/mol. The van der Waals surface area contributed by atoms with E-state index < -0.39 is 0 Å². The van der Waals surface area contributed by atoms with Gasteiger partial charge < -0.3 is 15.0 Å². The Balaban J connectivity index is 1.31. The first-order chi connectivity index (χ1) is 14.6. The molecule has 0 saturated heterocycles. The van der Waals surface area contributed by atoms with Crippen LogP contribution in [0.1, 0.15) is 24.0 Å². The molecule has 4 rings (SSSR count). The van der Waals surface area contributed by atoms with Crippen molar-refractivity contribution in [3.8, 4) is 5.75 Å². The number of rotatable bonds is 5. The molecule has 2 amide bonds. The lowest BCUT2D eigenvalue weighted by molar-refractivity contribution is -0.125. The number of ether oxygens (including phenoxy) is 1. The first-order valence-corrected chi connectivity index (χ1v) is 9.89. The number of fused-ring (bicyclic) bond motifs is 1. The molecule has 0 unspecified atom stereocenters. The van der Waals surface area contributed by atoms with Gasteiger partial charge in [-0.15, -0.1) is 0 Å². The quantitative estimate of drug-likeness (QED) is 0.610. The van der Waals surface area contributed by atoms with E-state index in [1.165, 1.54) is 6.07 Å². The Morgan fingerprint density at radius 1 is 1.27 bits per heavy atom. The fraction of sp³-hybridized carbons (Fsp3) is 0.261. The molecule has 1 N–H and O–H groups in total. The molecule has 0 radical (unpaired) electrons. The van der Waals surface area contributed by atoms with Crippen LogP contribution in [-0.2, 0) is 16.0 Å². The van der Waals surface area contributed by atoms with Crippen LogP contribution >= 0.6 is 0 Å². The Hall–Kier alpha value is -3.48. The summed E-state index contributed by atoms with van der Waals surface area (Å²) in [5, 5.41) is 2.74. The third-order valence-electron chi connectivity index (χ3n) is 5.15. The first kappa shape index (κ1) is 19.8. The highest BCUT2D eigenvalue weighted by molar-refractivity contribution is 5.94. The highest BCUT2D eigenvalue weighted by Gasteiger charge is 2.17.